The van der Waals surface area contributed by atoms with Gasteiger partial charge in [-0.1, -0.05) is 12.1 Å². The third kappa shape index (κ3) is 5.52. The van der Waals surface area contributed by atoms with Crippen LogP contribution in [0.2, 0.25) is 0 Å². The number of carboxylic acids is 1. The summed E-state index contributed by atoms with van der Waals surface area (Å²) >= 11 is 0. The molecule has 3 aromatic rings. The number of carbonyl (C=O) groups is 3. The number of aromatic nitrogens is 1. The first-order valence-corrected chi connectivity index (χ1v) is 12.8. The highest BCUT2D eigenvalue weighted by Crippen LogP contribution is 2.24. The number of hydrogen-bond acceptors (Lipinski definition) is 6. The number of H-pyrrole nitrogens is 1. The van der Waals surface area contributed by atoms with Crippen LogP contribution >= 0.6 is 0 Å². The zero-order valence-electron chi connectivity index (χ0n) is 21.1. The smallest absolute Gasteiger partial charge is 0.335 e. The molecular formula is C28H33N5O4. The summed E-state index contributed by atoms with van der Waals surface area (Å²) < 4.78 is 0. The minimum atomic E-state index is -1.11. The van der Waals surface area contributed by atoms with E-state index in [1.165, 1.54) is 25.0 Å². The van der Waals surface area contributed by atoms with Gasteiger partial charge >= 0.3 is 5.97 Å². The zero-order valence-corrected chi connectivity index (χ0v) is 21.1. The molecule has 5 rings (SSSR count). The number of nitrogens with one attached hydrogen (secondary N) is 2. The lowest BCUT2D eigenvalue weighted by Crippen LogP contribution is -2.54. The number of piperidine rings is 1. The molecule has 0 unspecified atom stereocenters. The van der Waals surface area contributed by atoms with E-state index in [1.54, 1.807) is 24.4 Å². The summed E-state index contributed by atoms with van der Waals surface area (Å²) in [5.74, 6) is -1.45. The molecule has 0 atom stereocenters. The molecule has 0 radical (unpaired) electrons. The molecule has 2 aliphatic rings. The van der Waals surface area contributed by atoms with E-state index in [2.05, 4.69) is 27.1 Å². The summed E-state index contributed by atoms with van der Waals surface area (Å²) in [6.45, 7) is 5.40. The van der Waals surface area contributed by atoms with Gasteiger partial charge in [-0.3, -0.25) is 14.5 Å². The lowest BCUT2D eigenvalue weighted by molar-refractivity contribution is -0.131. The van der Waals surface area contributed by atoms with Crippen molar-refractivity contribution in [3.8, 4) is 0 Å². The number of carboxylic acid groups (broad SMARTS) is 1. The number of ketones is 1. The van der Waals surface area contributed by atoms with Crippen molar-refractivity contribution in [2.45, 2.75) is 18.9 Å². The number of nitrogens with zero attached hydrogens (tertiary/aromatic N) is 3. The van der Waals surface area contributed by atoms with Crippen LogP contribution in [-0.2, 0) is 4.79 Å². The first kappa shape index (κ1) is 25.0. The largest absolute Gasteiger partial charge is 0.478 e. The van der Waals surface area contributed by atoms with Gasteiger partial charge in [-0.05, 0) is 68.7 Å². The van der Waals surface area contributed by atoms with Gasteiger partial charge in [-0.25, -0.2) is 4.79 Å². The molecule has 0 bridgehead atoms. The molecule has 194 valence electrons. The lowest BCUT2D eigenvalue weighted by Gasteiger charge is -2.42. The molecule has 0 saturated carbocycles. The first-order chi connectivity index (χ1) is 17.9. The molecule has 37 heavy (non-hydrogen) atoms. The van der Waals surface area contributed by atoms with E-state index in [0.717, 1.165) is 37.1 Å². The van der Waals surface area contributed by atoms with Crippen LogP contribution in [0.4, 0.5) is 5.69 Å². The van der Waals surface area contributed by atoms with Gasteiger partial charge < -0.3 is 25.2 Å². The fourth-order valence-corrected chi connectivity index (χ4v) is 5.34. The van der Waals surface area contributed by atoms with E-state index in [0.29, 0.717) is 30.4 Å². The number of amides is 1. The highest BCUT2D eigenvalue weighted by atomic mass is 16.4. The van der Waals surface area contributed by atoms with Gasteiger partial charge in [0.1, 0.15) is 0 Å². The summed E-state index contributed by atoms with van der Waals surface area (Å²) in [4.78, 5) is 47.8. The first-order valence-electron chi connectivity index (χ1n) is 12.8. The van der Waals surface area contributed by atoms with Crippen LogP contribution in [-0.4, -0.2) is 101 Å². The van der Waals surface area contributed by atoms with Crippen LogP contribution < -0.4 is 5.32 Å². The number of hydrogen-bond donors (Lipinski definition) is 3. The number of aromatic amines is 1. The van der Waals surface area contributed by atoms with Crippen molar-refractivity contribution in [2.24, 2.45) is 0 Å². The van der Waals surface area contributed by atoms with Crippen LogP contribution in [0, 0.1) is 0 Å². The molecule has 1 aromatic heterocycles. The third-order valence-corrected chi connectivity index (χ3v) is 7.63. The number of aromatic carboxylic acids is 1. The van der Waals surface area contributed by atoms with E-state index >= 15 is 0 Å². The van der Waals surface area contributed by atoms with Gasteiger partial charge in [-0.15, -0.1) is 0 Å². The van der Waals surface area contributed by atoms with Crippen LogP contribution in [0.25, 0.3) is 10.9 Å². The number of piperazine rings is 1. The Hall–Kier alpha value is -3.69. The van der Waals surface area contributed by atoms with Crippen molar-refractivity contribution in [3.05, 3.63) is 65.4 Å². The van der Waals surface area contributed by atoms with Gasteiger partial charge in [0.25, 0.3) is 0 Å². The van der Waals surface area contributed by atoms with Crippen molar-refractivity contribution in [3.63, 3.8) is 0 Å². The Labute approximate surface area is 216 Å². The van der Waals surface area contributed by atoms with Crippen molar-refractivity contribution in [2.75, 3.05) is 58.2 Å². The minimum absolute atomic E-state index is 0.0196. The maximum absolute atomic E-state index is 13.4. The van der Waals surface area contributed by atoms with Gasteiger partial charge in [-0.2, -0.15) is 0 Å². The SMILES string of the molecule is CN1CCC(N2CCN(C(=O)CNc3ccc(C(=O)O)cc3C(=O)c3ccc4cc[nH]c4c3)CC2)CC1. The van der Waals surface area contributed by atoms with Gasteiger partial charge in [0.2, 0.25) is 5.91 Å². The summed E-state index contributed by atoms with van der Waals surface area (Å²) in [5, 5.41) is 13.6. The lowest BCUT2D eigenvalue weighted by atomic mass is 9.98. The van der Waals surface area contributed by atoms with Crippen LogP contribution in [0.1, 0.15) is 39.1 Å². The topological polar surface area (TPSA) is 109 Å². The zero-order chi connectivity index (χ0) is 25.9. The standard InChI is InChI=1S/C28H33N5O4/c1-31-10-7-22(8-11-31)32-12-14-33(15-13-32)26(34)18-30-24-5-4-21(28(36)37)16-23(24)27(35)20-3-2-19-6-9-29-25(19)17-20/h2-6,9,16-17,22,29-30H,7-8,10-15,18H2,1H3,(H,36,37). The van der Waals surface area contributed by atoms with Gasteiger partial charge in [0.15, 0.2) is 5.78 Å². The van der Waals surface area contributed by atoms with Crippen molar-refractivity contribution in [1.29, 1.82) is 0 Å². The Morgan fingerprint density at radius 2 is 1.68 bits per heavy atom. The van der Waals surface area contributed by atoms with E-state index in [-0.39, 0.29) is 29.4 Å². The second-order valence-electron chi connectivity index (χ2n) is 9.98. The predicted molar refractivity (Wildman–Crippen MR) is 142 cm³/mol. The number of rotatable bonds is 7. The van der Waals surface area contributed by atoms with E-state index in [9.17, 15) is 19.5 Å². The van der Waals surface area contributed by atoms with Gasteiger partial charge in [0.05, 0.1) is 12.1 Å². The molecular weight excluding hydrogens is 470 g/mol. The normalized spacial score (nSPS) is 17.7. The Bertz CT molecular complexity index is 1300. The van der Waals surface area contributed by atoms with E-state index in [4.69, 9.17) is 0 Å². The molecule has 9 nitrogen and oxygen atoms in total. The third-order valence-electron chi connectivity index (χ3n) is 7.63. The maximum atomic E-state index is 13.4. The predicted octanol–water partition coefficient (Wildman–Crippen LogP) is 2.75. The molecule has 3 N–H and O–H groups in total. The summed E-state index contributed by atoms with van der Waals surface area (Å²) in [5.41, 5.74) is 1.96. The summed E-state index contributed by atoms with van der Waals surface area (Å²) in [7, 11) is 2.16. The number of anilines is 1. The molecule has 2 aromatic carbocycles. The molecule has 1 amide bonds. The number of carbonyl (C=O) groups excluding carboxylic acids is 2. The van der Waals surface area contributed by atoms with Crippen molar-refractivity contribution >= 4 is 34.3 Å². The number of likely N-dealkylation sites (tertiary alicyclic amines) is 1. The molecule has 3 heterocycles. The Kier molecular flexibility index (Phi) is 7.25. The highest BCUT2D eigenvalue weighted by molar-refractivity contribution is 6.14. The monoisotopic (exact) mass is 503 g/mol. The fourth-order valence-electron chi connectivity index (χ4n) is 5.34. The van der Waals surface area contributed by atoms with E-state index in [1.807, 2.05) is 17.0 Å². The maximum Gasteiger partial charge on any atom is 0.335 e. The van der Waals surface area contributed by atoms with Crippen molar-refractivity contribution in [1.82, 2.24) is 19.7 Å². The molecule has 2 saturated heterocycles. The van der Waals surface area contributed by atoms with Crippen LogP contribution in [0.5, 0.6) is 0 Å². The fraction of sp³-hybridized carbons (Fsp3) is 0.393. The Morgan fingerprint density at radius 1 is 0.946 bits per heavy atom. The number of fused-ring (bicyclic) bond motifs is 1. The highest BCUT2D eigenvalue weighted by Gasteiger charge is 2.28. The molecule has 2 fully saturated rings. The second kappa shape index (κ2) is 10.7. The molecule has 0 spiro atoms. The average molecular weight is 504 g/mol. The molecule has 9 heteroatoms. The van der Waals surface area contributed by atoms with Crippen molar-refractivity contribution < 1.29 is 19.5 Å². The van der Waals surface area contributed by atoms with Crippen LogP contribution in [0.3, 0.4) is 0 Å². The average Bonchev–Trinajstić information content (AvgIpc) is 3.40. The Balaban J connectivity index is 1.25. The summed E-state index contributed by atoms with van der Waals surface area (Å²) in [6.07, 6.45) is 4.15. The molecule has 0 aliphatic carbocycles. The van der Waals surface area contributed by atoms with Crippen LogP contribution in [0.15, 0.2) is 48.7 Å². The summed E-state index contributed by atoms with van der Waals surface area (Å²) in [6, 6.07) is 12.2. The Morgan fingerprint density at radius 3 is 2.41 bits per heavy atom. The quantitative estimate of drug-likeness (QED) is 0.426. The minimum Gasteiger partial charge on any atom is -0.478 e. The second-order valence-corrected chi connectivity index (χ2v) is 9.98. The van der Waals surface area contributed by atoms with Gasteiger partial charge in [0, 0.05) is 60.7 Å². The molecule has 2 aliphatic heterocycles. The number of benzene rings is 2. The van der Waals surface area contributed by atoms with E-state index < -0.39 is 5.97 Å².